The zero-order valence-electron chi connectivity index (χ0n) is 14.3. The first-order chi connectivity index (χ1) is 12.7. The summed E-state index contributed by atoms with van der Waals surface area (Å²) in [7, 11) is 0. The van der Waals surface area contributed by atoms with Gasteiger partial charge in [0.1, 0.15) is 5.56 Å². The summed E-state index contributed by atoms with van der Waals surface area (Å²) in [4.78, 5) is 19.3. The zero-order valence-corrected chi connectivity index (χ0v) is 15.1. The van der Waals surface area contributed by atoms with Gasteiger partial charge in [0.25, 0.3) is 5.91 Å². The molecule has 1 aliphatic heterocycles. The maximum Gasteiger partial charge on any atom is 0.257 e. The Morgan fingerprint density at radius 3 is 3.00 bits per heavy atom. The summed E-state index contributed by atoms with van der Waals surface area (Å²) < 4.78 is 1.61. The number of hydrogen-bond donors (Lipinski definition) is 1. The van der Waals surface area contributed by atoms with Crippen molar-refractivity contribution < 1.29 is 4.79 Å². The summed E-state index contributed by atoms with van der Waals surface area (Å²) in [5.41, 5.74) is 2.33. The van der Waals surface area contributed by atoms with Crippen molar-refractivity contribution in [3.8, 4) is 0 Å². The first-order valence-electron chi connectivity index (χ1n) is 8.75. The molecule has 1 atom stereocenters. The third-order valence-corrected chi connectivity index (χ3v) is 4.94. The molecule has 0 saturated carbocycles. The number of amides is 1. The first-order valence-corrected chi connectivity index (χ1v) is 9.13. The van der Waals surface area contributed by atoms with Crippen LogP contribution in [0.4, 0.5) is 0 Å². The average molecular weight is 370 g/mol. The lowest BCUT2D eigenvalue weighted by atomic mass is 10.0. The highest BCUT2D eigenvalue weighted by atomic mass is 35.5. The van der Waals surface area contributed by atoms with Gasteiger partial charge in [0.05, 0.1) is 6.20 Å². The van der Waals surface area contributed by atoms with Crippen molar-refractivity contribution in [1.82, 2.24) is 24.8 Å². The molecule has 134 valence electrons. The van der Waals surface area contributed by atoms with Crippen LogP contribution < -0.4 is 5.32 Å². The van der Waals surface area contributed by atoms with Gasteiger partial charge in [-0.1, -0.05) is 23.7 Å². The van der Waals surface area contributed by atoms with Crippen molar-refractivity contribution in [2.24, 2.45) is 0 Å². The van der Waals surface area contributed by atoms with Crippen molar-refractivity contribution in [1.29, 1.82) is 0 Å². The van der Waals surface area contributed by atoms with Crippen LogP contribution in [0, 0.1) is 0 Å². The van der Waals surface area contributed by atoms with E-state index in [0.29, 0.717) is 11.2 Å². The van der Waals surface area contributed by atoms with Gasteiger partial charge in [0, 0.05) is 36.5 Å². The number of rotatable bonds is 4. The number of fused-ring (bicyclic) bond motifs is 1. The molecule has 2 aromatic heterocycles. The molecule has 3 aromatic rings. The quantitative estimate of drug-likeness (QED) is 0.768. The van der Waals surface area contributed by atoms with E-state index in [-0.39, 0.29) is 11.9 Å². The molecule has 0 radical (unpaired) electrons. The molecule has 0 unspecified atom stereocenters. The van der Waals surface area contributed by atoms with Crippen molar-refractivity contribution in [3.05, 3.63) is 65.1 Å². The maximum absolute atomic E-state index is 12.7. The van der Waals surface area contributed by atoms with Crippen LogP contribution in [0.2, 0.25) is 5.02 Å². The number of carbonyl (C=O) groups is 1. The summed E-state index contributed by atoms with van der Waals surface area (Å²) in [5.74, 6) is -0.114. The Bertz CT molecular complexity index is 908. The summed E-state index contributed by atoms with van der Waals surface area (Å²) in [6.45, 7) is 2.73. The molecular weight excluding hydrogens is 350 g/mol. The van der Waals surface area contributed by atoms with Gasteiger partial charge in [0.2, 0.25) is 0 Å². The van der Waals surface area contributed by atoms with Gasteiger partial charge in [-0.15, -0.1) is 0 Å². The van der Waals surface area contributed by atoms with Crippen LogP contribution in [0.1, 0.15) is 28.8 Å². The number of likely N-dealkylation sites (tertiary alicyclic amines) is 1. The fraction of sp³-hybridized carbons (Fsp3) is 0.316. The van der Waals surface area contributed by atoms with Gasteiger partial charge < -0.3 is 5.32 Å². The van der Waals surface area contributed by atoms with Crippen LogP contribution in [-0.4, -0.2) is 44.5 Å². The van der Waals surface area contributed by atoms with Crippen LogP contribution in [0.5, 0.6) is 0 Å². The van der Waals surface area contributed by atoms with Gasteiger partial charge >= 0.3 is 0 Å². The number of halogens is 1. The summed E-state index contributed by atoms with van der Waals surface area (Å²) in [5, 5.41) is 8.08. The first kappa shape index (κ1) is 17.0. The number of hydrogen-bond acceptors (Lipinski definition) is 4. The molecule has 1 saturated heterocycles. The standard InChI is InChI=1S/C19H20ClN5O/c20-15-6-4-14(5-7-15)12-24-9-1-3-16(13-24)23-19(26)17-11-22-25-10-2-8-21-18(17)25/h2,4-8,10-11,16H,1,3,9,12-13H2,(H,23,26)/t16-/m0/s1. The van der Waals surface area contributed by atoms with E-state index >= 15 is 0 Å². The third-order valence-electron chi connectivity index (χ3n) is 4.68. The summed E-state index contributed by atoms with van der Waals surface area (Å²) in [6, 6.07) is 9.85. The Kier molecular flexibility index (Phi) is 4.86. The second-order valence-corrected chi connectivity index (χ2v) is 7.06. The lowest BCUT2D eigenvalue weighted by Crippen LogP contribution is -2.47. The highest BCUT2D eigenvalue weighted by molar-refractivity contribution is 6.30. The van der Waals surface area contributed by atoms with E-state index in [0.717, 1.165) is 37.5 Å². The van der Waals surface area contributed by atoms with E-state index in [1.54, 1.807) is 29.2 Å². The number of aromatic nitrogens is 3. The van der Waals surface area contributed by atoms with Crippen molar-refractivity contribution in [3.63, 3.8) is 0 Å². The van der Waals surface area contributed by atoms with Crippen LogP contribution in [-0.2, 0) is 6.54 Å². The Balaban J connectivity index is 1.40. The Morgan fingerprint density at radius 2 is 2.15 bits per heavy atom. The van der Waals surface area contributed by atoms with E-state index in [9.17, 15) is 4.79 Å². The normalized spacial score (nSPS) is 18.1. The fourth-order valence-electron chi connectivity index (χ4n) is 3.42. The van der Waals surface area contributed by atoms with Gasteiger partial charge in [-0.3, -0.25) is 9.69 Å². The highest BCUT2D eigenvalue weighted by Gasteiger charge is 2.23. The molecule has 1 aliphatic rings. The molecule has 0 spiro atoms. The van der Waals surface area contributed by atoms with Crippen LogP contribution >= 0.6 is 11.6 Å². The molecule has 1 aromatic carbocycles. The van der Waals surface area contributed by atoms with Crippen LogP contribution in [0.25, 0.3) is 5.65 Å². The number of benzene rings is 1. The second-order valence-electron chi connectivity index (χ2n) is 6.62. The molecule has 3 heterocycles. The molecule has 7 heteroatoms. The SMILES string of the molecule is O=C(N[C@H]1CCCN(Cc2ccc(Cl)cc2)C1)c1cnn2cccnc12. The third kappa shape index (κ3) is 3.71. The van der Waals surface area contributed by atoms with Crippen molar-refractivity contribution >= 4 is 23.2 Å². The molecule has 1 fully saturated rings. The Hall–Kier alpha value is -2.44. The number of nitrogens with zero attached hydrogens (tertiary/aromatic N) is 4. The van der Waals surface area contributed by atoms with Crippen molar-refractivity contribution in [2.75, 3.05) is 13.1 Å². The van der Waals surface area contributed by atoms with Crippen LogP contribution in [0.15, 0.2) is 48.9 Å². The van der Waals surface area contributed by atoms with E-state index in [4.69, 9.17) is 11.6 Å². The predicted molar refractivity (Wildman–Crippen MR) is 100 cm³/mol. The largest absolute Gasteiger partial charge is 0.348 e. The maximum atomic E-state index is 12.7. The fourth-order valence-corrected chi connectivity index (χ4v) is 3.54. The monoisotopic (exact) mass is 369 g/mol. The highest BCUT2D eigenvalue weighted by Crippen LogP contribution is 2.16. The van der Waals surface area contributed by atoms with Gasteiger partial charge in [0.15, 0.2) is 5.65 Å². The van der Waals surface area contributed by atoms with E-state index in [2.05, 4.69) is 32.4 Å². The van der Waals surface area contributed by atoms with Crippen molar-refractivity contribution in [2.45, 2.75) is 25.4 Å². The minimum atomic E-state index is -0.114. The number of carbonyl (C=O) groups excluding carboxylic acids is 1. The van der Waals surface area contributed by atoms with Gasteiger partial charge in [-0.25, -0.2) is 9.50 Å². The molecule has 0 aliphatic carbocycles. The topological polar surface area (TPSA) is 62.5 Å². The predicted octanol–water partition coefficient (Wildman–Crippen LogP) is 2.78. The lowest BCUT2D eigenvalue weighted by molar-refractivity contribution is 0.0902. The van der Waals surface area contributed by atoms with Gasteiger partial charge in [-0.05, 0) is 43.1 Å². The molecule has 6 nitrogen and oxygen atoms in total. The smallest absolute Gasteiger partial charge is 0.257 e. The molecule has 1 N–H and O–H groups in total. The van der Waals surface area contributed by atoms with E-state index in [1.807, 2.05) is 12.1 Å². The summed E-state index contributed by atoms with van der Waals surface area (Å²) in [6.07, 6.45) is 7.07. The number of piperidine rings is 1. The summed E-state index contributed by atoms with van der Waals surface area (Å²) >= 11 is 5.95. The number of nitrogens with one attached hydrogen (secondary N) is 1. The lowest BCUT2D eigenvalue weighted by Gasteiger charge is -2.33. The molecular formula is C19H20ClN5O. The van der Waals surface area contributed by atoms with Crippen LogP contribution in [0.3, 0.4) is 0 Å². The van der Waals surface area contributed by atoms with Gasteiger partial charge in [-0.2, -0.15) is 5.10 Å². The molecule has 1 amide bonds. The Morgan fingerprint density at radius 1 is 1.31 bits per heavy atom. The second kappa shape index (κ2) is 7.43. The van der Waals surface area contributed by atoms with E-state index in [1.165, 1.54) is 5.56 Å². The average Bonchev–Trinajstić information content (AvgIpc) is 3.08. The van der Waals surface area contributed by atoms with E-state index < -0.39 is 0 Å². The zero-order chi connectivity index (χ0) is 17.9. The minimum absolute atomic E-state index is 0.114. The molecule has 4 rings (SSSR count). The Labute approximate surface area is 156 Å². The minimum Gasteiger partial charge on any atom is -0.348 e. The molecule has 0 bridgehead atoms. The molecule has 26 heavy (non-hydrogen) atoms.